The second-order valence-electron chi connectivity index (χ2n) is 4.95. The van der Waals surface area contributed by atoms with Gasteiger partial charge < -0.3 is 14.6 Å². The van der Waals surface area contributed by atoms with Crippen LogP contribution < -0.4 is 4.74 Å². The standard InChI is InChI=1S/C15H23NO3/c1-3-16-7-8-18-15(10-16)11-19-14-6-4-5-13(9-14)12(2)17/h4-6,9,12,15,17H,3,7-8,10-11H2,1-2H3/t12-,15?/m1/s1. The number of ether oxygens (including phenoxy) is 2. The Morgan fingerprint density at radius 3 is 3.11 bits per heavy atom. The fourth-order valence-electron chi connectivity index (χ4n) is 2.22. The summed E-state index contributed by atoms with van der Waals surface area (Å²) in [6, 6.07) is 7.59. The highest BCUT2D eigenvalue weighted by Crippen LogP contribution is 2.19. The van der Waals surface area contributed by atoms with Crippen LogP contribution in [-0.2, 0) is 4.74 Å². The Balaban J connectivity index is 1.86. The maximum atomic E-state index is 9.54. The minimum absolute atomic E-state index is 0.129. The topological polar surface area (TPSA) is 41.9 Å². The molecule has 0 saturated carbocycles. The molecule has 1 aromatic carbocycles. The van der Waals surface area contributed by atoms with Gasteiger partial charge in [-0.2, -0.15) is 0 Å². The number of rotatable bonds is 5. The Hall–Kier alpha value is -1.10. The largest absolute Gasteiger partial charge is 0.491 e. The van der Waals surface area contributed by atoms with E-state index in [2.05, 4.69) is 11.8 Å². The Labute approximate surface area is 114 Å². The Kier molecular flexibility index (Phi) is 5.19. The first-order valence-corrected chi connectivity index (χ1v) is 6.94. The van der Waals surface area contributed by atoms with Crippen LogP contribution in [0.5, 0.6) is 5.75 Å². The van der Waals surface area contributed by atoms with Crippen molar-refractivity contribution < 1.29 is 14.6 Å². The molecule has 1 unspecified atom stereocenters. The van der Waals surface area contributed by atoms with Gasteiger partial charge in [-0.3, -0.25) is 4.90 Å². The summed E-state index contributed by atoms with van der Waals surface area (Å²) in [5, 5.41) is 9.54. The summed E-state index contributed by atoms with van der Waals surface area (Å²) in [6.45, 7) is 8.22. The van der Waals surface area contributed by atoms with Crippen molar-refractivity contribution in [1.82, 2.24) is 4.90 Å². The fourth-order valence-corrected chi connectivity index (χ4v) is 2.22. The lowest BCUT2D eigenvalue weighted by Crippen LogP contribution is -2.44. The molecule has 1 saturated heterocycles. The summed E-state index contributed by atoms with van der Waals surface area (Å²) < 4.78 is 11.5. The van der Waals surface area contributed by atoms with Crippen LogP contribution in [0, 0.1) is 0 Å². The van der Waals surface area contributed by atoms with E-state index in [-0.39, 0.29) is 6.10 Å². The molecule has 1 N–H and O–H groups in total. The smallest absolute Gasteiger partial charge is 0.119 e. The van der Waals surface area contributed by atoms with E-state index >= 15 is 0 Å². The van der Waals surface area contributed by atoms with Crippen LogP contribution in [0.2, 0.25) is 0 Å². The van der Waals surface area contributed by atoms with E-state index in [1.807, 2.05) is 24.3 Å². The van der Waals surface area contributed by atoms with E-state index in [0.717, 1.165) is 37.6 Å². The zero-order valence-electron chi connectivity index (χ0n) is 11.7. The molecule has 1 aliphatic heterocycles. The Morgan fingerprint density at radius 1 is 1.53 bits per heavy atom. The molecule has 0 bridgehead atoms. The molecular weight excluding hydrogens is 242 g/mol. The third-order valence-corrected chi connectivity index (χ3v) is 3.45. The molecule has 4 nitrogen and oxygen atoms in total. The first-order chi connectivity index (χ1) is 9.19. The Bertz CT molecular complexity index is 395. The van der Waals surface area contributed by atoms with Crippen LogP contribution >= 0.6 is 0 Å². The molecule has 0 aromatic heterocycles. The van der Waals surface area contributed by atoms with Crippen molar-refractivity contribution in [2.45, 2.75) is 26.1 Å². The molecular formula is C15H23NO3. The molecule has 1 aromatic rings. The minimum atomic E-state index is -0.468. The normalized spacial score (nSPS) is 22.2. The van der Waals surface area contributed by atoms with Crippen LogP contribution in [-0.4, -0.2) is 49.0 Å². The third kappa shape index (κ3) is 4.20. The van der Waals surface area contributed by atoms with Crippen LogP contribution in [0.1, 0.15) is 25.5 Å². The van der Waals surface area contributed by atoms with Gasteiger partial charge in [0.15, 0.2) is 0 Å². The van der Waals surface area contributed by atoms with E-state index in [4.69, 9.17) is 9.47 Å². The molecule has 0 aliphatic carbocycles. The van der Waals surface area contributed by atoms with Gasteiger partial charge in [-0.25, -0.2) is 0 Å². The number of nitrogens with zero attached hydrogens (tertiary/aromatic N) is 1. The van der Waals surface area contributed by atoms with E-state index in [0.29, 0.717) is 6.61 Å². The SMILES string of the molecule is CCN1CCOC(COc2cccc([C@@H](C)O)c2)C1. The molecule has 0 radical (unpaired) electrons. The van der Waals surface area contributed by atoms with Gasteiger partial charge in [0.25, 0.3) is 0 Å². The van der Waals surface area contributed by atoms with Crippen molar-refractivity contribution in [3.63, 3.8) is 0 Å². The van der Waals surface area contributed by atoms with Crippen LogP contribution in [0.3, 0.4) is 0 Å². The molecule has 0 amide bonds. The average molecular weight is 265 g/mol. The predicted molar refractivity (Wildman–Crippen MR) is 74.4 cm³/mol. The van der Waals surface area contributed by atoms with Crippen molar-refractivity contribution in [3.8, 4) is 5.75 Å². The van der Waals surface area contributed by atoms with Crippen molar-refractivity contribution in [2.24, 2.45) is 0 Å². The molecule has 1 heterocycles. The van der Waals surface area contributed by atoms with Crippen molar-refractivity contribution >= 4 is 0 Å². The number of likely N-dealkylation sites (N-methyl/N-ethyl adjacent to an activating group) is 1. The molecule has 0 spiro atoms. The molecule has 2 atom stereocenters. The second-order valence-corrected chi connectivity index (χ2v) is 4.95. The molecule has 106 valence electrons. The summed E-state index contributed by atoms with van der Waals surface area (Å²) in [7, 11) is 0. The van der Waals surface area contributed by atoms with Gasteiger partial charge >= 0.3 is 0 Å². The maximum absolute atomic E-state index is 9.54. The zero-order chi connectivity index (χ0) is 13.7. The minimum Gasteiger partial charge on any atom is -0.491 e. The lowest BCUT2D eigenvalue weighted by molar-refractivity contribution is -0.0464. The van der Waals surface area contributed by atoms with Gasteiger partial charge in [-0.1, -0.05) is 19.1 Å². The monoisotopic (exact) mass is 265 g/mol. The molecule has 19 heavy (non-hydrogen) atoms. The van der Waals surface area contributed by atoms with Crippen molar-refractivity contribution in [1.29, 1.82) is 0 Å². The molecule has 2 rings (SSSR count). The highest BCUT2D eigenvalue weighted by atomic mass is 16.5. The summed E-state index contributed by atoms with van der Waals surface area (Å²) in [5.74, 6) is 0.788. The molecule has 1 aliphatic rings. The number of aliphatic hydroxyl groups excluding tert-OH is 1. The van der Waals surface area contributed by atoms with E-state index in [1.165, 1.54) is 0 Å². The first kappa shape index (κ1) is 14.3. The highest BCUT2D eigenvalue weighted by molar-refractivity contribution is 5.29. The van der Waals surface area contributed by atoms with E-state index < -0.39 is 6.10 Å². The second kappa shape index (κ2) is 6.89. The van der Waals surface area contributed by atoms with Crippen molar-refractivity contribution in [3.05, 3.63) is 29.8 Å². The summed E-state index contributed by atoms with van der Waals surface area (Å²) >= 11 is 0. The van der Waals surface area contributed by atoms with Crippen LogP contribution in [0.25, 0.3) is 0 Å². The number of benzene rings is 1. The summed E-state index contributed by atoms with van der Waals surface area (Å²) in [6.07, 6.45) is -0.339. The predicted octanol–water partition coefficient (Wildman–Crippen LogP) is 1.84. The Morgan fingerprint density at radius 2 is 2.37 bits per heavy atom. The average Bonchev–Trinajstić information content (AvgIpc) is 2.45. The molecule has 4 heteroatoms. The van der Waals surface area contributed by atoms with E-state index in [9.17, 15) is 5.11 Å². The lowest BCUT2D eigenvalue weighted by Gasteiger charge is -2.31. The van der Waals surface area contributed by atoms with Gasteiger partial charge in [0, 0.05) is 13.1 Å². The van der Waals surface area contributed by atoms with Gasteiger partial charge in [0.2, 0.25) is 0 Å². The molecule has 1 fully saturated rings. The third-order valence-electron chi connectivity index (χ3n) is 3.45. The summed E-state index contributed by atoms with van der Waals surface area (Å²) in [4.78, 5) is 2.36. The van der Waals surface area contributed by atoms with Crippen LogP contribution in [0.4, 0.5) is 0 Å². The van der Waals surface area contributed by atoms with Gasteiger partial charge in [0.05, 0.1) is 12.7 Å². The highest BCUT2D eigenvalue weighted by Gasteiger charge is 2.19. The number of hydrogen-bond donors (Lipinski definition) is 1. The van der Waals surface area contributed by atoms with E-state index in [1.54, 1.807) is 6.92 Å². The van der Waals surface area contributed by atoms with Crippen molar-refractivity contribution in [2.75, 3.05) is 32.8 Å². The van der Waals surface area contributed by atoms with Crippen LogP contribution in [0.15, 0.2) is 24.3 Å². The zero-order valence-corrected chi connectivity index (χ0v) is 11.7. The summed E-state index contributed by atoms with van der Waals surface area (Å²) in [5.41, 5.74) is 0.872. The quantitative estimate of drug-likeness (QED) is 0.882. The lowest BCUT2D eigenvalue weighted by atomic mass is 10.1. The number of morpholine rings is 1. The van der Waals surface area contributed by atoms with Gasteiger partial charge in [-0.15, -0.1) is 0 Å². The van der Waals surface area contributed by atoms with Gasteiger partial charge in [-0.05, 0) is 31.2 Å². The number of hydrogen-bond acceptors (Lipinski definition) is 4. The fraction of sp³-hybridized carbons (Fsp3) is 0.600. The number of aliphatic hydroxyl groups is 1. The van der Waals surface area contributed by atoms with Gasteiger partial charge in [0.1, 0.15) is 18.5 Å². The maximum Gasteiger partial charge on any atom is 0.119 e. The first-order valence-electron chi connectivity index (χ1n) is 6.94.